The quantitative estimate of drug-likeness (QED) is 0.209. The van der Waals surface area contributed by atoms with Crippen LogP contribution in [0.5, 0.6) is 5.75 Å². The first-order valence-electron chi connectivity index (χ1n) is 9.92. The van der Waals surface area contributed by atoms with Gasteiger partial charge in [-0.15, -0.1) is 0 Å². The summed E-state index contributed by atoms with van der Waals surface area (Å²) in [6.45, 7) is 3.00. The smallest absolute Gasteiger partial charge is 0.262 e. The average Bonchev–Trinajstić information content (AvgIpc) is 2.79. The monoisotopic (exact) mass is 426 g/mol. The molecule has 0 fully saturated rings. The predicted octanol–water partition coefficient (Wildman–Crippen LogP) is 4.20. The molecule has 1 aromatic heterocycles. The Labute approximate surface area is 180 Å². The molecule has 3 aromatic rings. The topological polar surface area (TPSA) is 70.4 Å². The van der Waals surface area contributed by atoms with E-state index < -0.39 is 0 Å². The molecule has 0 radical (unpaired) electrons. The lowest BCUT2D eigenvalue weighted by Crippen LogP contribution is -2.26. The van der Waals surface area contributed by atoms with E-state index in [4.69, 9.17) is 14.5 Å². The van der Waals surface area contributed by atoms with E-state index in [9.17, 15) is 9.59 Å². The van der Waals surface area contributed by atoms with Crippen LogP contribution in [0.15, 0.2) is 58.5 Å². The average molecular weight is 427 g/mol. The Morgan fingerprint density at radius 3 is 2.53 bits per heavy atom. The zero-order valence-electron chi connectivity index (χ0n) is 17.5. The molecule has 0 amide bonds. The van der Waals surface area contributed by atoms with E-state index in [1.54, 1.807) is 49.1 Å². The number of ether oxygens (including phenoxy) is 2. The minimum Gasteiger partial charge on any atom is -0.497 e. The number of fused-ring (bicyclic) bond motifs is 1. The fraction of sp³-hybridized carbons (Fsp3) is 0.348. The molecule has 0 aliphatic rings. The lowest BCUT2D eigenvalue weighted by atomic mass is 10.1. The van der Waals surface area contributed by atoms with Gasteiger partial charge in [0, 0.05) is 25.8 Å². The van der Waals surface area contributed by atoms with Gasteiger partial charge in [0.05, 0.1) is 23.3 Å². The van der Waals surface area contributed by atoms with Gasteiger partial charge >= 0.3 is 0 Å². The minimum absolute atomic E-state index is 0.0102. The standard InChI is InChI=1S/C23H26N2O4S/c1-4-20(21(26)16-10-12-17(29-3)13-11-16)30-23-24-19-9-6-5-8-18(19)22(27)25(23)14-7-15-28-2/h5-6,8-13,20H,4,7,14-15H2,1-3H3. The Hall–Kier alpha value is -2.64. The van der Waals surface area contributed by atoms with Gasteiger partial charge in [0.25, 0.3) is 5.56 Å². The predicted molar refractivity (Wildman–Crippen MR) is 120 cm³/mol. The number of rotatable bonds is 10. The molecule has 0 N–H and O–H groups in total. The third-order valence-corrected chi connectivity index (χ3v) is 6.20. The Morgan fingerprint density at radius 2 is 1.87 bits per heavy atom. The Bertz CT molecular complexity index is 1060. The Kier molecular flexibility index (Phi) is 7.65. The lowest BCUT2D eigenvalue weighted by Gasteiger charge is -2.17. The molecule has 0 aliphatic heterocycles. The first-order chi connectivity index (χ1) is 14.6. The number of methoxy groups -OCH3 is 2. The van der Waals surface area contributed by atoms with Crippen molar-refractivity contribution in [3.05, 3.63) is 64.4 Å². The van der Waals surface area contributed by atoms with Gasteiger partial charge in [-0.3, -0.25) is 14.2 Å². The number of hydrogen-bond donors (Lipinski definition) is 0. The van der Waals surface area contributed by atoms with Gasteiger partial charge in [0.15, 0.2) is 10.9 Å². The molecule has 0 spiro atoms. The van der Waals surface area contributed by atoms with E-state index in [-0.39, 0.29) is 16.6 Å². The third-order valence-electron chi connectivity index (χ3n) is 4.84. The number of Topliss-reactive ketones (excluding diaryl/α,β-unsaturated/α-hetero) is 1. The molecule has 2 aromatic carbocycles. The van der Waals surface area contributed by atoms with Crippen LogP contribution in [0.2, 0.25) is 0 Å². The third kappa shape index (κ3) is 4.91. The number of carbonyl (C=O) groups excluding carboxylic acids is 1. The summed E-state index contributed by atoms with van der Waals surface area (Å²) in [5, 5.41) is 0.789. The van der Waals surface area contributed by atoms with Crippen LogP contribution >= 0.6 is 11.8 Å². The Morgan fingerprint density at radius 1 is 1.13 bits per heavy atom. The van der Waals surface area contributed by atoms with Gasteiger partial charge in [-0.05, 0) is 49.2 Å². The van der Waals surface area contributed by atoms with Crippen LogP contribution in [0, 0.1) is 0 Å². The summed E-state index contributed by atoms with van der Waals surface area (Å²) in [5.41, 5.74) is 1.16. The molecule has 1 heterocycles. The minimum atomic E-state index is -0.347. The summed E-state index contributed by atoms with van der Waals surface area (Å²) < 4.78 is 12.0. The van der Waals surface area contributed by atoms with Crippen molar-refractivity contribution in [3.8, 4) is 5.75 Å². The van der Waals surface area contributed by atoms with Crippen LogP contribution < -0.4 is 10.3 Å². The second-order valence-electron chi connectivity index (χ2n) is 6.82. The van der Waals surface area contributed by atoms with Gasteiger partial charge in [-0.2, -0.15) is 0 Å². The zero-order valence-corrected chi connectivity index (χ0v) is 18.3. The molecule has 0 saturated heterocycles. The summed E-state index contributed by atoms with van der Waals surface area (Å²) in [7, 11) is 3.23. The molecule has 1 unspecified atom stereocenters. The maximum Gasteiger partial charge on any atom is 0.262 e. The van der Waals surface area contributed by atoms with Crippen LogP contribution in [0.25, 0.3) is 10.9 Å². The van der Waals surface area contributed by atoms with Gasteiger partial charge in [-0.1, -0.05) is 30.8 Å². The number of benzene rings is 2. The van der Waals surface area contributed by atoms with Crippen LogP contribution in [0.3, 0.4) is 0 Å². The van der Waals surface area contributed by atoms with Crippen LogP contribution in [-0.4, -0.2) is 41.4 Å². The van der Waals surface area contributed by atoms with Crippen LogP contribution in [0.1, 0.15) is 30.1 Å². The second kappa shape index (κ2) is 10.4. The van der Waals surface area contributed by atoms with Crippen molar-refractivity contribution >= 4 is 28.4 Å². The molecule has 7 heteroatoms. The first kappa shape index (κ1) is 22.1. The molecular weight excluding hydrogens is 400 g/mol. The molecular formula is C23H26N2O4S. The largest absolute Gasteiger partial charge is 0.497 e. The van der Waals surface area contributed by atoms with Crippen molar-refractivity contribution in [3.63, 3.8) is 0 Å². The fourth-order valence-electron chi connectivity index (χ4n) is 3.19. The van der Waals surface area contributed by atoms with Gasteiger partial charge in [0.1, 0.15) is 5.75 Å². The first-order valence-corrected chi connectivity index (χ1v) is 10.8. The highest BCUT2D eigenvalue weighted by atomic mass is 32.2. The molecule has 1 atom stereocenters. The van der Waals surface area contributed by atoms with E-state index in [0.717, 1.165) is 0 Å². The molecule has 0 aliphatic carbocycles. The molecule has 158 valence electrons. The van der Waals surface area contributed by atoms with E-state index in [0.29, 0.717) is 53.4 Å². The fourth-order valence-corrected chi connectivity index (χ4v) is 4.31. The Balaban J connectivity index is 1.95. The number of aromatic nitrogens is 2. The van der Waals surface area contributed by atoms with Crippen molar-refractivity contribution in [2.24, 2.45) is 0 Å². The van der Waals surface area contributed by atoms with Crippen molar-refractivity contribution < 1.29 is 14.3 Å². The van der Waals surface area contributed by atoms with Gasteiger partial charge in [0.2, 0.25) is 0 Å². The van der Waals surface area contributed by atoms with E-state index >= 15 is 0 Å². The molecule has 0 saturated carbocycles. The summed E-state index contributed by atoms with van der Waals surface area (Å²) in [5.74, 6) is 0.714. The van der Waals surface area contributed by atoms with Crippen LogP contribution in [0.4, 0.5) is 0 Å². The number of ketones is 1. The van der Waals surface area contributed by atoms with E-state index in [1.807, 2.05) is 25.1 Å². The molecule has 3 rings (SSSR count). The highest BCUT2D eigenvalue weighted by Gasteiger charge is 2.23. The van der Waals surface area contributed by atoms with Crippen LogP contribution in [-0.2, 0) is 11.3 Å². The summed E-state index contributed by atoms with van der Waals surface area (Å²) in [4.78, 5) is 30.9. The summed E-state index contributed by atoms with van der Waals surface area (Å²) in [6.07, 6.45) is 1.31. The normalized spacial score (nSPS) is 12.1. The maximum atomic E-state index is 13.1. The second-order valence-corrected chi connectivity index (χ2v) is 7.99. The molecule has 30 heavy (non-hydrogen) atoms. The van der Waals surface area contributed by atoms with E-state index in [2.05, 4.69) is 0 Å². The number of hydrogen-bond acceptors (Lipinski definition) is 6. The van der Waals surface area contributed by atoms with Crippen molar-refractivity contribution in [1.29, 1.82) is 0 Å². The van der Waals surface area contributed by atoms with Crippen molar-refractivity contribution in [1.82, 2.24) is 9.55 Å². The summed E-state index contributed by atoms with van der Waals surface area (Å²) in [6, 6.07) is 14.4. The SMILES string of the molecule is CCC(Sc1nc2ccccc2c(=O)n1CCCOC)C(=O)c1ccc(OC)cc1. The number of nitrogens with zero attached hydrogens (tertiary/aromatic N) is 2. The van der Waals surface area contributed by atoms with E-state index in [1.165, 1.54) is 11.8 Å². The van der Waals surface area contributed by atoms with Gasteiger partial charge in [-0.25, -0.2) is 4.98 Å². The highest BCUT2D eigenvalue weighted by Crippen LogP contribution is 2.28. The number of para-hydroxylation sites is 1. The number of thioether (sulfide) groups is 1. The molecule has 6 nitrogen and oxygen atoms in total. The lowest BCUT2D eigenvalue weighted by molar-refractivity contribution is 0.0988. The zero-order chi connectivity index (χ0) is 21.5. The maximum absolute atomic E-state index is 13.1. The summed E-state index contributed by atoms with van der Waals surface area (Å²) >= 11 is 1.35. The van der Waals surface area contributed by atoms with Gasteiger partial charge < -0.3 is 9.47 Å². The highest BCUT2D eigenvalue weighted by molar-refractivity contribution is 8.00. The van der Waals surface area contributed by atoms with Crippen molar-refractivity contribution in [2.75, 3.05) is 20.8 Å². The molecule has 0 bridgehead atoms. The van der Waals surface area contributed by atoms with Crippen molar-refractivity contribution in [2.45, 2.75) is 36.7 Å². The number of carbonyl (C=O) groups is 1.